The lowest BCUT2D eigenvalue weighted by Gasteiger charge is -2.29. The van der Waals surface area contributed by atoms with Crippen molar-refractivity contribution < 1.29 is 0 Å². The number of thiazole rings is 1. The van der Waals surface area contributed by atoms with E-state index in [1.807, 2.05) is 7.05 Å². The maximum Gasteiger partial charge on any atom is 0.194 e. The number of aryl methyl sites for hydroxylation is 2. The number of aromatic nitrogens is 1. The van der Waals surface area contributed by atoms with Crippen molar-refractivity contribution in [3.05, 3.63) is 15.6 Å². The number of hydrogen-bond donors (Lipinski definition) is 1. The predicted octanol–water partition coefficient (Wildman–Crippen LogP) is 3.26. The summed E-state index contributed by atoms with van der Waals surface area (Å²) < 4.78 is 0. The van der Waals surface area contributed by atoms with Crippen LogP contribution in [0.1, 0.15) is 41.3 Å². The largest absolute Gasteiger partial charge is 0.350 e. The summed E-state index contributed by atoms with van der Waals surface area (Å²) in [5.74, 6) is 1.81. The van der Waals surface area contributed by atoms with Gasteiger partial charge >= 0.3 is 0 Å². The molecule has 3 rings (SSSR count). The molecule has 2 saturated heterocycles. The molecule has 0 amide bonds. The second-order valence-electron chi connectivity index (χ2n) is 7.11. The van der Waals surface area contributed by atoms with Crippen LogP contribution in [0.2, 0.25) is 0 Å². The van der Waals surface area contributed by atoms with Gasteiger partial charge in [-0.3, -0.25) is 4.99 Å². The molecule has 2 aliphatic heterocycles. The average molecular weight is 477 g/mol. The molecule has 1 aromatic rings. The maximum absolute atomic E-state index is 4.61. The number of guanidine groups is 1. The van der Waals surface area contributed by atoms with Gasteiger partial charge in [0.25, 0.3) is 0 Å². The predicted molar refractivity (Wildman–Crippen MR) is 117 cm³/mol. The van der Waals surface area contributed by atoms with Crippen LogP contribution in [0.4, 0.5) is 0 Å². The summed E-state index contributed by atoms with van der Waals surface area (Å²) in [5.41, 5.74) is 1.15. The standard InChI is InChI=1S/C18H31N5S.HI/c1-14-15(2)24-17(21-14)11-20-18(19-3)23-10-7-16(13-23)12-22-8-5-4-6-9-22;/h16H,4-13H2,1-3H3,(H,19,20);1H. The topological polar surface area (TPSA) is 43.8 Å². The zero-order valence-electron chi connectivity index (χ0n) is 15.8. The SMILES string of the molecule is CN=C(NCc1nc(C)c(C)s1)N1CCC(CN2CCCCC2)C1.I. The molecule has 7 heteroatoms. The van der Waals surface area contributed by atoms with Gasteiger partial charge in [0.2, 0.25) is 0 Å². The lowest BCUT2D eigenvalue weighted by molar-refractivity contribution is 0.198. The Morgan fingerprint density at radius 1 is 1.24 bits per heavy atom. The Morgan fingerprint density at radius 3 is 2.64 bits per heavy atom. The van der Waals surface area contributed by atoms with Crippen LogP contribution in [0.25, 0.3) is 0 Å². The Labute approximate surface area is 173 Å². The first-order chi connectivity index (χ1) is 11.7. The van der Waals surface area contributed by atoms with Crippen LogP contribution in [0.5, 0.6) is 0 Å². The third-order valence-electron chi connectivity index (χ3n) is 5.23. The highest BCUT2D eigenvalue weighted by Crippen LogP contribution is 2.20. The van der Waals surface area contributed by atoms with Gasteiger partial charge in [-0.05, 0) is 52.1 Å². The third-order valence-corrected chi connectivity index (χ3v) is 6.31. The fraction of sp³-hybridized carbons (Fsp3) is 0.778. The lowest BCUT2D eigenvalue weighted by atomic mass is 10.1. The Hall–Kier alpha value is -0.410. The van der Waals surface area contributed by atoms with E-state index in [0.717, 1.165) is 42.2 Å². The van der Waals surface area contributed by atoms with Crippen molar-refractivity contribution in [3.63, 3.8) is 0 Å². The van der Waals surface area contributed by atoms with Gasteiger partial charge < -0.3 is 15.1 Å². The van der Waals surface area contributed by atoms with E-state index in [9.17, 15) is 0 Å². The number of likely N-dealkylation sites (tertiary alicyclic amines) is 2. The second-order valence-corrected chi connectivity index (χ2v) is 8.40. The molecule has 1 N–H and O–H groups in total. The van der Waals surface area contributed by atoms with Crippen LogP contribution in [-0.2, 0) is 6.54 Å². The lowest BCUT2D eigenvalue weighted by Crippen LogP contribution is -2.41. The molecule has 1 unspecified atom stereocenters. The van der Waals surface area contributed by atoms with Crippen LogP contribution < -0.4 is 5.32 Å². The Kier molecular flexibility index (Phi) is 8.41. The second kappa shape index (κ2) is 10.1. The van der Waals surface area contributed by atoms with Gasteiger partial charge in [-0.25, -0.2) is 4.98 Å². The quantitative estimate of drug-likeness (QED) is 0.411. The number of nitrogens with zero attached hydrogens (tertiary/aromatic N) is 4. The van der Waals surface area contributed by atoms with E-state index in [0.29, 0.717) is 0 Å². The highest BCUT2D eigenvalue weighted by molar-refractivity contribution is 14.0. The molecule has 0 bridgehead atoms. The molecule has 1 aromatic heterocycles. The monoisotopic (exact) mass is 477 g/mol. The van der Waals surface area contributed by atoms with E-state index < -0.39 is 0 Å². The molecule has 0 spiro atoms. The number of aliphatic imine (C=N–C) groups is 1. The summed E-state index contributed by atoms with van der Waals surface area (Å²) in [6.07, 6.45) is 5.46. The summed E-state index contributed by atoms with van der Waals surface area (Å²) in [6.45, 7) is 11.1. The Balaban J connectivity index is 0.00000225. The van der Waals surface area contributed by atoms with Crippen molar-refractivity contribution >= 4 is 41.3 Å². The van der Waals surface area contributed by atoms with Crippen molar-refractivity contribution in [2.45, 2.75) is 46.1 Å². The first kappa shape index (κ1) is 20.9. The summed E-state index contributed by atoms with van der Waals surface area (Å²) in [5, 5.41) is 4.65. The zero-order valence-corrected chi connectivity index (χ0v) is 18.9. The van der Waals surface area contributed by atoms with Crippen molar-refractivity contribution in [2.24, 2.45) is 10.9 Å². The van der Waals surface area contributed by atoms with Crippen molar-refractivity contribution in [3.8, 4) is 0 Å². The van der Waals surface area contributed by atoms with Crippen molar-refractivity contribution in [2.75, 3.05) is 39.8 Å². The Morgan fingerprint density at radius 2 is 2.00 bits per heavy atom. The van der Waals surface area contributed by atoms with E-state index in [1.165, 1.54) is 50.2 Å². The third kappa shape index (κ3) is 5.79. The molecule has 3 heterocycles. The van der Waals surface area contributed by atoms with Crippen LogP contribution in [0.15, 0.2) is 4.99 Å². The minimum atomic E-state index is 0. The molecule has 2 fully saturated rings. The fourth-order valence-corrected chi connectivity index (χ4v) is 4.66. The first-order valence-corrected chi connectivity index (χ1v) is 10.1. The van der Waals surface area contributed by atoms with Gasteiger partial charge in [0, 0.05) is 31.6 Å². The molecule has 2 aliphatic rings. The number of halogens is 1. The number of piperidine rings is 1. The highest BCUT2D eigenvalue weighted by Gasteiger charge is 2.27. The minimum absolute atomic E-state index is 0. The molecule has 0 aromatic carbocycles. The van der Waals surface area contributed by atoms with Gasteiger partial charge in [0.15, 0.2) is 5.96 Å². The van der Waals surface area contributed by atoms with E-state index in [4.69, 9.17) is 0 Å². The fourth-order valence-electron chi connectivity index (χ4n) is 3.78. The van der Waals surface area contributed by atoms with Gasteiger partial charge in [-0.2, -0.15) is 0 Å². The highest BCUT2D eigenvalue weighted by atomic mass is 127. The normalized spacial score (nSPS) is 22.1. The molecule has 5 nitrogen and oxygen atoms in total. The molecule has 0 aliphatic carbocycles. The van der Waals surface area contributed by atoms with E-state index in [1.54, 1.807) is 11.3 Å². The summed E-state index contributed by atoms with van der Waals surface area (Å²) >= 11 is 1.78. The number of nitrogens with one attached hydrogen (secondary N) is 1. The number of rotatable bonds is 4. The van der Waals surface area contributed by atoms with Crippen LogP contribution in [0, 0.1) is 19.8 Å². The zero-order chi connectivity index (χ0) is 16.9. The van der Waals surface area contributed by atoms with Gasteiger partial charge in [-0.15, -0.1) is 35.3 Å². The molecular formula is C18H32IN5S. The van der Waals surface area contributed by atoms with E-state index in [2.05, 4.69) is 38.9 Å². The van der Waals surface area contributed by atoms with Crippen molar-refractivity contribution in [1.82, 2.24) is 20.1 Å². The van der Waals surface area contributed by atoms with Gasteiger partial charge in [0.1, 0.15) is 5.01 Å². The first-order valence-electron chi connectivity index (χ1n) is 9.26. The number of hydrogen-bond acceptors (Lipinski definition) is 4. The van der Waals surface area contributed by atoms with Crippen LogP contribution >= 0.6 is 35.3 Å². The van der Waals surface area contributed by atoms with Gasteiger partial charge in [-0.1, -0.05) is 6.42 Å². The molecule has 0 radical (unpaired) electrons. The Bertz CT molecular complexity index is 548. The molecular weight excluding hydrogens is 445 g/mol. The molecule has 142 valence electrons. The van der Waals surface area contributed by atoms with E-state index in [-0.39, 0.29) is 24.0 Å². The van der Waals surface area contributed by atoms with Crippen LogP contribution in [0.3, 0.4) is 0 Å². The van der Waals surface area contributed by atoms with Crippen molar-refractivity contribution in [1.29, 1.82) is 0 Å². The smallest absolute Gasteiger partial charge is 0.194 e. The van der Waals surface area contributed by atoms with Gasteiger partial charge in [0.05, 0.1) is 12.2 Å². The van der Waals surface area contributed by atoms with Crippen LogP contribution in [-0.4, -0.2) is 60.5 Å². The average Bonchev–Trinajstić information content (AvgIpc) is 3.16. The maximum atomic E-state index is 4.61. The minimum Gasteiger partial charge on any atom is -0.350 e. The summed E-state index contributed by atoms with van der Waals surface area (Å²) in [6, 6.07) is 0. The van der Waals surface area contributed by atoms with E-state index >= 15 is 0 Å². The summed E-state index contributed by atoms with van der Waals surface area (Å²) in [4.78, 5) is 15.5. The summed E-state index contributed by atoms with van der Waals surface area (Å²) in [7, 11) is 1.89. The molecule has 0 saturated carbocycles. The molecule has 1 atom stereocenters. The molecule has 25 heavy (non-hydrogen) atoms.